The average molecular weight is 270 g/mol. The standard InChI is InChI=1S/C8H6O4.ClH.Mg.2Na/c9-7(10)5-3-1-2-4-6(5)8(11)12;;;;/h1-4H,(H,9,10)(H,11,12);1H;;;/q;;+2;2*+1/p-3. The fourth-order valence-electron chi connectivity index (χ4n) is 0.839. The normalized spacial score (nSPS) is 7.00. The van der Waals surface area contributed by atoms with Crippen LogP contribution in [0.4, 0.5) is 0 Å². The van der Waals surface area contributed by atoms with Crippen molar-refractivity contribution in [3.8, 4) is 0 Å². The SMILES string of the molecule is O=C([O-])c1ccccc1C(=O)[O-].[Cl-].[Mg+2].[Na+].[Na+]. The van der Waals surface area contributed by atoms with Gasteiger partial charge in [-0.3, -0.25) is 0 Å². The van der Waals surface area contributed by atoms with Crippen molar-refractivity contribution in [1.82, 2.24) is 0 Å². The topological polar surface area (TPSA) is 80.3 Å². The van der Waals surface area contributed by atoms with Gasteiger partial charge >= 0.3 is 82.2 Å². The molecule has 0 aliphatic carbocycles. The van der Waals surface area contributed by atoms with Crippen LogP contribution >= 0.6 is 0 Å². The van der Waals surface area contributed by atoms with E-state index in [0.717, 1.165) is 12.1 Å². The minimum Gasteiger partial charge on any atom is -1.00 e. The summed E-state index contributed by atoms with van der Waals surface area (Å²) in [6.07, 6.45) is 0. The van der Waals surface area contributed by atoms with E-state index in [1.165, 1.54) is 12.1 Å². The average Bonchev–Trinajstić information content (AvgIpc) is 2.04. The largest absolute Gasteiger partial charge is 2.00 e. The van der Waals surface area contributed by atoms with Gasteiger partial charge in [0.2, 0.25) is 0 Å². The maximum atomic E-state index is 10.3. The third-order valence-electron chi connectivity index (χ3n) is 1.37. The van der Waals surface area contributed by atoms with E-state index in [4.69, 9.17) is 0 Å². The third kappa shape index (κ3) is 7.52. The zero-order valence-corrected chi connectivity index (χ0v) is 15.2. The predicted octanol–water partition coefficient (Wildman–Crippen LogP) is -11.0. The first-order valence-electron chi connectivity index (χ1n) is 3.14. The summed E-state index contributed by atoms with van der Waals surface area (Å²) in [6.45, 7) is 0. The molecule has 0 atom stereocenters. The Labute approximate surface area is 159 Å². The van der Waals surface area contributed by atoms with Crippen LogP contribution in [0.25, 0.3) is 0 Å². The van der Waals surface area contributed by atoms with Crippen LogP contribution in [0, 0.1) is 0 Å². The Morgan fingerprint density at radius 2 is 1.12 bits per heavy atom. The van der Waals surface area contributed by atoms with E-state index < -0.39 is 11.9 Å². The van der Waals surface area contributed by atoms with Crippen molar-refractivity contribution in [2.45, 2.75) is 0 Å². The Kier molecular flexibility index (Phi) is 20.5. The quantitative estimate of drug-likeness (QED) is 0.500. The van der Waals surface area contributed by atoms with Crippen molar-refractivity contribution in [2.24, 2.45) is 0 Å². The molecule has 0 radical (unpaired) electrons. The molecule has 70 valence electrons. The second-order valence-electron chi connectivity index (χ2n) is 2.12. The number of carboxylic acid groups (broad SMARTS) is 2. The Bertz CT molecular complexity index is 316. The van der Waals surface area contributed by atoms with Gasteiger partial charge in [-0.25, -0.2) is 0 Å². The monoisotopic (exact) mass is 269 g/mol. The molecule has 1 rings (SSSR count). The number of hydrogen-bond acceptors (Lipinski definition) is 4. The van der Waals surface area contributed by atoms with Crippen molar-refractivity contribution in [3.05, 3.63) is 35.4 Å². The van der Waals surface area contributed by atoms with E-state index in [9.17, 15) is 19.8 Å². The van der Waals surface area contributed by atoms with Crippen LogP contribution in [-0.2, 0) is 0 Å². The number of carbonyl (C=O) groups excluding carboxylic acids is 2. The molecule has 1 aromatic carbocycles. The Hall–Kier alpha value is 1.22. The van der Waals surface area contributed by atoms with E-state index in [1.807, 2.05) is 0 Å². The van der Waals surface area contributed by atoms with Gasteiger partial charge in [-0.1, -0.05) is 24.3 Å². The fraction of sp³-hybridized carbons (Fsp3) is 0. The van der Waals surface area contributed by atoms with E-state index >= 15 is 0 Å². The molecule has 0 aromatic heterocycles. The molecule has 0 aliphatic heterocycles. The van der Waals surface area contributed by atoms with Gasteiger partial charge in [0.05, 0.1) is 11.9 Å². The first kappa shape index (κ1) is 25.9. The molecule has 0 amide bonds. The summed E-state index contributed by atoms with van der Waals surface area (Å²) in [5, 5.41) is 20.6. The summed E-state index contributed by atoms with van der Waals surface area (Å²) in [5.41, 5.74) is -0.727. The first-order valence-corrected chi connectivity index (χ1v) is 3.14. The molecular weight excluding hydrogens is 266 g/mol. The summed E-state index contributed by atoms with van der Waals surface area (Å²) in [4.78, 5) is 20.6. The summed E-state index contributed by atoms with van der Waals surface area (Å²) < 4.78 is 0. The van der Waals surface area contributed by atoms with Crippen molar-refractivity contribution in [3.63, 3.8) is 0 Å². The first-order chi connectivity index (χ1) is 5.63. The Balaban J connectivity index is -0.000000180. The molecule has 0 fully saturated rings. The van der Waals surface area contributed by atoms with Crippen molar-refractivity contribution in [2.75, 3.05) is 0 Å². The maximum Gasteiger partial charge on any atom is 2.00 e. The van der Waals surface area contributed by atoms with Crippen LogP contribution in [0.2, 0.25) is 0 Å². The van der Waals surface area contributed by atoms with Gasteiger partial charge in [-0.15, -0.1) is 0 Å². The van der Waals surface area contributed by atoms with Gasteiger partial charge in [0.1, 0.15) is 0 Å². The predicted molar refractivity (Wildman–Crippen MR) is 40.9 cm³/mol. The summed E-state index contributed by atoms with van der Waals surface area (Å²) in [6, 6.07) is 5.14. The minimum absolute atomic E-state index is 0. The van der Waals surface area contributed by atoms with Crippen LogP contribution in [0.15, 0.2) is 24.3 Å². The second-order valence-corrected chi connectivity index (χ2v) is 2.12. The van der Waals surface area contributed by atoms with Gasteiger partial charge in [-0.05, 0) is 0 Å². The zero-order valence-electron chi connectivity index (χ0n) is 9.03. The van der Waals surface area contributed by atoms with Crippen LogP contribution in [0.1, 0.15) is 20.7 Å². The molecule has 8 heteroatoms. The van der Waals surface area contributed by atoms with E-state index in [1.54, 1.807) is 0 Å². The second kappa shape index (κ2) is 12.7. The number of carboxylic acids is 2. The number of halogens is 1. The summed E-state index contributed by atoms with van der Waals surface area (Å²) >= 11 is 0. The van der Waals surface area contributed by atoms with Gasteiger partial charge in [-0.2, -0.15) is 0 Å². The fourth-order valence-corrected chi connectivity index (χ4v) is 0.839. The number of aromatic carboxylic acids is 2. The molecule has 4 nitrogen and oxygen atoms in total. The molecule has 0 heterocycles. The van der Waals surface area contributed by atoms with E-state index in [-0.39, 0.29) is 106 Å². The number of benzene rings is 1. The molecule has 0 N–H and O–H groups in total. The Morgan fingerprint density at radius 3 is 1.31 bits per heavy atom. The molecule has 1 aromatic rings. The van der Waals surface area contributed by atoms with Crippen molar-refractivity contribution >= 4 is 35.0 Å². The van der Waals surface area contributed by atoms with Crippen LogP contribution in [0.3, 0.4) is 0 Å². The van der Waals surface area contributed by atoms with Crippen LogP contribution in [-0.4, -0.2) is 35.0 Å². The molecule has 0 saturated heterocycles. The molecule has 0 spiro atoms. The molecule has 0 bridgehead atoms. The van der Waals surface area contributed by atoms with Crippen LogP contribution < -0.4 is 81.7 Å². The molecular formula is C8H4ClMgNa2O4+. The smallest absolute Gasteiger partial charge is 1.00 e. The van der Waals surface area contributed by atoms with Gasteiger partial charge in [0.25, 0.3) is 0 Å². The van der Waals surface area contributed by atoms with Crippen LogP contribution in [0.5, 0.6) is 0 Å². The number of hydrogen-bond donors (Lipinski definition) is 0. The molecule has 16 heavy (non-hydrogen) atoms. The summed E-state index contributed by atoms with van der Waals surface area (Å²) in [5.74, 6) is -3.04. The van der Waals surface area contributed by atoms with Crippen molar-refractivity contribution in [1.29, 1.82) is 0 Å². The molecule has 0 aliphatic rings. The molecule has 0 unspecified atom stereocenters. The van der Waals surface area contributed by atoms with Gasteiger partial charge < -0.3 is 32.2 Å². The van der Waals surface area contributed by atoms with Gasteiger partial charge in [0, 0.05) is 11.1 Å². The maximum absolute atomic E-state index is 10.3. The van der Waals surface area contributed by atoms with E-state index in [2.05, 4.69) is 0 Å². The van der Waals surface area contributed by atoms with E-state index in [0.29, 0.717) is 0 Å². The minimum atomic E-state index is -1.52. The number of carbonyl (C=O) groups is 2. The number of rotatable bonds is 2. The van der Waals surface area contributed by atoms with Crippen molar-refractivity contribution < 1.29 is 91.3 Å². The third-order valence-corrected chi connectivity index (χ3v) is 1.37. The molecule has 0 saturated carbocycles. The zero-order chi connectivity index (χ0) is 9.14. The Morgan fingerprint density at radius 1 is 0.875 bits per heavy atom. The van der Waals surface area contributed by atoms with Gasteiger partial charge in [0.15, 0.2) is 0 Å². The summed E-state index contributed by atoms with van der Waals surface area (Å²) in [7, 11) is 0.